The quantitative estimate of drug-likeness (QED) is 0.807. The number of anilines is 1. The van der Waals surface area contributed by atoms with E-state index in [4.69, 9.17) is 0 Å². The van der Waals surface area contributed by atoms with Crippen LogP contribution in [0.5, 0.6) is 0 Å². The summed E-state index contributed by atoms with van der Waals surface area (Å²) in [5.41, 5.74) is 0.994. The Morgan fingerprint density at radius 1 is 1.17 bits per heavy atom. The van der Waals surface area contributed by atoms with E-state index < -0.39 is 0 Å². The SMILES string of the molecule is CCN(CC(C)C)c1cnc(CNC(C)C)cn1. The summed E-state index contributed by atoms with van der Waals surface area (Å²) < 4.78 is 0. The molecule has 0 spiro atoms. The molecular formula is C14H26N4. The maximum Gasteiger partial charge on any atom is 0.147 e. The van der Waals surface area contributed by atoms with Crippen molar-refractivity contribution in [2.45, 2.75) is 47.2 Å². The van der Waals surface area contributed by atoms with Gasteiger partial charge in [-0.25, -0.2) is 4.98 Å². The van der Waals surface area contributed by atoms with Gasteiger partial charge < -0.3 is 10.2 Å². The predicted molar refractivity (Wildman–Crippen MR) is 76.7 cm³/mol. The van der Waals surface area contributed by atoms with Gasteiger partial charge in [0.1, 0.15) is 5.82 Å². The molecule has 18 heavy (non-hydrogen) atoms. The molecule has 0 bridgehead atoms. The lowest BCUT2D eigenvalue weighted by molar-refractivity contribution is 0.578. The van der Waals surface area contributed by atoms with Crippen LogP contribution in [0.1, 0.15) is 40.3 Å². The van der Waals surface area contributed by atoms with E-state index >= 15 is 0 Å². The minimum absolute atomic E-state index is 0.472. The third kappa shape index (κ3) is 5.00. The fourth-order valence-corrected chi connectivity index (χ4v) is 1.74. The molecule has 0 radical (unpaired) electrons. The number of hydrogen-bond donors (Lipinski definition) is 1. The second kappa shape index (κ2) is 7.31. The fourth-order valence-electron chi connectivity index (χ4n) is 1.74. The largest absolute Gasteiger partial charge is 0.355 e. The minimum Gasteiger partial charge on any atom is -0.355 e. The first-order chi connectivity index (χ1) is 8.52. The van der Waals surface area contributed by atoms with E-state index in [0.717, 1.165) is 31.1 Å². The summed E-state index contributed by atoms with van der Waals surface area (Å²) in [5, 5.41) is 3.34. The molecule has 0 aliphatic rings. The summed E-state index contributed by atoms with van der Waals surface area (Å²) in [4.78, 5) is 11.2. The molecule has 1 aromatic rings. The van der Waals surface area contributed by atoms with Gasteiger partial charge in [-0.1, -0.05) is 27.7 Å². The Morgan fingerprint density at radius 2 is 1.89 bits per heavy atom. The molecule has 0 saturated heterocycles. The van der Waals surface area contributed by atoms with Crippen LogP contribution in [-0.2, 0) is 6.54 Å². The topological polar surface area (TPSA) is 41.1 Å². The Hall–Kier alpha value is -1.16. The summed E-state index contributed by atoms with van der Waals surface area (Å²) >= 11 is 0. The van der Waals surface area contributed by atoms with Crippen LogP contribution < -0.4 is 10.2 Å². The smallest absolute Gasteiger partial charge is 0.147 e. The summed E-state index contributed by atoms with van der Waals surface area (Å²) in [5.74, 6) is 1.61. The van der Waals surface area contributed by atoms with Crippen LogP contribution >= 0.6 is 0 Å². The highest BCUT2D eigenvalue weighted by molar-refractivity contribution is 5.35. The molecule has 1 rings (SSSR count). The molecule has 0 amide bonds. The predicted octanol–water partition coefficient (Wildman–Crippen LogP) is 2.46. The molecule has 1 aromatic heterocycles. The molecule has 0 atom stereocenters. The van der Waals surface area contributed by atoms with Crippen LogP contribution in [0.4, 0.5) is 5.82 Å². The molecule has 4 heteroatoms. The van der Waals surface area contributed by atoms with Gasteiger partial charge in [0.25, 0.3) is 0 Å². The zero-order chi connectivity index (χ0) is 13.5. The maximum absolute atomic E-state index is 4.50. The Morgan fingerprint density at radius 3 is 2.33 bits per heavy atom. The average Bonchev–Trinajstić information content (AvgIpc) is 2.34. The van der Waals surface area contributed by atoms with Crippen molar-refractivity contribution < 1.29 is 0 Å². The van der Waals surface area contributed by atoms with E-state index in [-0.39, 0.29) is 0 Å². The van der Waals surface area contributed by atoms with Gasteiger partial charge in [0.2, 0.25) is 0 Å². The van der Waals surface area contributed by atoms with Gasteiger partial charge in [-0.2, -0.15) is 0 Å². The summed E-state index contributed by atoms with van der Waals surface area (Å²) in [6.07, 6.45) is 3.75. The van der Waals surface area contributed by atoms with Crippen molar-refractivity contribution in [2.24, 2.45) is 5.92 Å². The van der Waals surface area contributed by atoms with Crippen LogP contribution in [0.3, 0.4) is 0 Å². The molecule has 0 unspecified atom stereocenters. The molecule has 0 fully saturated rings. The highest BCUT2D eigenvalue weighted by Crippen LogP contribution is 2.11. The average molecular weight is 250 g/mol. The Bertz CT molecular complexity index is 332. The van der Waals surface area contributed by atoms with Crippen molar-refractivity contribution in [3.8, 4) is 0 Å². The molecule has 102 valence electrons. The van der Waals surface area contributed by atoms with Crippen molar-refractivity contribution in [3.05, 3.63) is 18.1 Å². The second-order valence-electron chi connectivity index (χ2n) is 5.33. The molecular weight excluding hydrogens is 224 g/mol. The van der Waals surface area contributed by atoms with Crippen LogP contribution in [0.2, 0.25) is 0 Å². The first kappa shape index (κ1) is 14.9. The molecule has 0 aliphatic carbocycles. The minimum atomic E-state index is 0.472. The first-order valence-electron chi connectivity index (χ1n) is 6.82. The monoisotopic (exact) mass is 250 g/mol. The van der Waals surface area contributed by atoms with E-state index in [1.807, 2.05) is 12.4 Å². The molecule has 0 saturated carbocycles. The van der Waals surface area contributed by atoms with E-state index in [9.17, 15) is 0 Å². The van der Waals surface area contributed by atoms with E-state index in [0.29, 0.717) is 12.0 Å². The van der Waals surface area contributed by atoms with Crippen LogP contribution in [-0.4, -0.2) is 29.1 Å². The maximum atomic E-state index is 4.50. The molecule has 4 nitrogen and oxygen atoms in total. The third-order valence-electron chi connectivity index (χ3n) is 2.67. The van der Waals surface area contributed by atoms with Gasteiger partial charge in [0.15, 0.2) is 0 Å². The molecule has 1 heterocycles. The number of aromatic nitrogens is 2. The highest BCUT2D eigenvalue weighted by atomic mass is 15.2. The molecule has 1 N–H and O–H groups in total. The number of nitrogens with zero attached hydrogens (tertiary/aromatic N) is 3. The van der Waals surface area contributed by atoms with Crippen LogP contribution in [0.25, 0.3) is 0 Å². The first-order valence-corrected chi connectivity index (χ1v) is 6.82. The summed E-state index contributed by atoms with van der Waals surface area (Å²) in [6.45, 7) is 13.6. The molecule has 0 aromatic carbocycles. The lowest BCUT2D eigenvalue weighted by atomic mass is 10.2. The Balaban J connectivity index is 2.62. The van der Waals surface area contributed by atoms with Crippen molar-refractivity contribution >= 4 is 5.82 Å². The van der Waals surface area contributed by atoms with Gasteiger partial charge in [-0.3, -0.25) is 4.98 Å². The van der Waals surface area contributed by atoms with Crippen molar-refractivity contribution in [2.75, 3.05) is 18.0 Å². The second-order valence-corrected chi connectivity index (χ2v) is 5.33. The van der Waals surface area contributed by atoms with Crippen molar-refractivity contribution in [1.29, 1.82) is 0 Å². The standard InChI is InChI=1S/C14H26N4/c1-6-18(10-11(2)3)14-9-16-13(8-17-14)7-15-12(4)5/h8-9,11-12,15H,6-7,10H2,1-5H3. The van der Waals surface area contributed by atoms with Crippen LogP contribution in [0.15, 0.2) is 12.4 Å². The van der Waals surface area contributed by atoms with Crippen molar-refractivity contribution in [3.63, 3.8) is 0 Å². The molecule has 0 aliphatic heterocycles. The van der Waals surface area contributed by atoms with Gasteiger partial charge in [-0.05, 0) is 12.8 Å². The van der Waals surface area contributed by atoms with Gasteiger partial charge in [0, 0.05) is 25.7 Å². The highest BCUT2D eigenvalue weighted by Gasteiger charge is 2.08. The zero-order valence-corrected chi connectivity index (χ0v) is 12.3. The number of nitrogens with one attached hydrogen (secondary N) is 1. The Labute approximate surface area is 111 Å². The van der Waals surface area contributed by atoms with E-state index in [1.165, 1.54) is 0 Å². The lowest BCUT2D eigenvalue weighted by Gasteiger charge is -2.23. The summed E-state index contributed by atoms with van der Waals surface area (Å²) in [7, 11) is 0. The van der Waals surface area contributed by atoms with E-state index in [1.54, 1.807) is 0 Å². The Kier molecular flexibility index (Phi) is 6.05. The zero-order valence-electron chi connectivity index (χ0n) is 12.3. The van der Waals surface area contributed by atoms with Gasteiger partial charge in [0.05, 0.1) is 18.1 Å². The third-order valence-corrected chi connectivity index (χ3v) is 2.67. The number of hydrogen-bond acceptors (Lipinski definition) is 4. The normalized spacial score (nSPS) is 11.3. The van der Waals surface area contributed by atoms with Crippen LogP contribution in [0, 0.1) is 5.92 Å². The number of rotatable bonds is 7. The lowest BCUT2D eigenvalue weighted by Crippen LogP contribution is -2.28. The van der Waals surface area contributed by atoms with Gasteiger partial charge >= 0.3 is 0 Å². The van der Waals surface area contributed by atoms with E-state index in [2.05, 4.69) is 54.8 Å². The van der Waals surface area contributed by atoms with Crippen molar-refractivity contribution in [1.82, 2.24) is 15.3 Å². The van der Waals surface area contributed by atoms with Gasteiger partial charge in [-0.15, -0.1) is 0 Å². The summed E-state index contributed by atoms with van der Waals surface area (Å²) in [6, 6.07) is 0.472. The fraction of sp³-hybridized carbons (Fsp3) is 0.714.